The second-order valence-electron chi connectivity index (χ2n) is 0.750. The van der Waals surface area contributed by atoms with E-state index < -0.39 is 9.64 Å². The minimum absolute atomic E-state index is 0.0517. The van der Waals surface area contributed by atoms with Crippen LogP contribution < -0.4 is 0 Å². The van der Waals surface area contributed by atoms with Crippen LogP contribution >= 0.6 is 0 Å². The molecule has 5 heteroatoms. The highest BCUT2D eigenvalue weighted by Gasteiger charge is 1.68. The van der Waals surface area contributed by atoms with Crippen LogP contribution in [0.15, 0.2) is 0 Å². The SMILES string of the molecule is O=[S-](=S)OCCO. The zero-order valence-corrected chi connectivity index (χ0v) is 5.13. The number of aliphatic hydroxyl groups is 1. The Balaban J connectivity index is 2.98. The summed E-state index contributed by atoms with van der Waals surface area (Å²) in [5, 5.41) is 8.01. The van der Waals surface area contributed by atoms with Gasteiger partial charge in [0.05, 0.1) is 6.61 Å². The van der Waals surface area contributed by atoms with Crippen molar-refractivity contribution in [2.45, 2.75) is 0 Å². The monoisotopic (exact) mass is 141 g/mol. The van der Waals surface area contributed by atoms with Gasteiger partial charge < -0.3 is 13.5 Å². The highest BCUT2D eigenvalue weighted by Crippen LogP contribution is 1.69. The van der Waals surface area contributed by atoms with E-state index in [1.807, 2.05) is 0 Å². The smallest absolute Gasteiger partial charge is 0.0645 e. The summed E-state index contributed by atoms with van der Waals surface area (Å²) in [6, 6.07) is 0. The predicted molar refractivity (Wildman–Crippen MR) is 28.5 cm³/mol. The van der Waals surface area contributed by atoms with Crippen LogP contribution in [0.3, 0.4) is 0 Å². The first-order valence-electron chi connectivity index (χ1n) is 1.60. The molecular formula is C2H5O3S2-. The Bertz CT molecular complexity index is 89.1. The first kappa shape index (κ1) is 7.29. The predicted octanol–water partition coefficient (Wildman–Crippen LogP) is -0.664. The van der Waals surface area contributed by atoms with Crippen molar-refractivity contribution in [2.24, 2.45) is 0 Å². The van der Waals surface area contributed by atoms with Crippen molar-refractivity contribution in [3.63, 3.8) is 0 Å². The van der Waals surface area contributed by atoms with Gasteiger partial charge in [0.15, 0.2) is 0 Å². The second-order valence-corrected chi connectivity index (χ2v) is 2.21. The fourth-order valence-electron chi connectivity index (χ4n) is 0.105. The van der Waals surface area contributed by atoms with Gasteiger partial charge in [-0.3, -0.25) is 0 Å². The molecule has 0 aromatic carbocycles. The third-order valence-corrected chi connectivity index (χ3v) is 0.919. The molecule has 0 saturated carbocycles. The average molecular weight is 141 g/mol. The lowest BCUT2D eigenvalue weighted by molar-refractivity contribution is 0.215. The summed E-state index contributed by atoms with van der Waals surface area (Å²) in [5.41, 5.74) is 0. The molecule has 0 heterocycles. The van der Waals surface area contributed by atoms with Crippen molar-refractivity contribution in [3.8, 4) is 0 Å². The lowest BCUT2D eigenvalue weighted by Gasteiger charge is -1.98. The number of hydrogen-bond acceptors (Lipinski definition) is 5. The molecule has 0 aliphatic heterocycles. The summed E-state index contributed by atoms with van der Waals surface area (Å²) < 4.78 is 14.0. The third kappa shape index (κ3) is 6.29. The Kier molecular flexibility index (Phi) is 4.63. The molecule has 0 aliphatic rings. The van der Waals surface area contributed by atoms with E-state index in [2.05, 4.69) is 15.4 Å². The van der Waals surface area contributed by atoms with Gasteiger partial charge in [0.25, 0.3) is 0 Å². The van der Waals surface area contributed by atoms with Crippen LogP contribution in [0, 0.1) is 0 Å². The number of hydrogen-bond donors (Lipinski definition) is 1. The zero-order valence-electron chi connectivity index (χ0n) is 3.49. The van der Waals surface area contributed by atoms with Crippen molar-refractivity contribution in [2.75, 3.05) is 13.2 Å². The maximum absolute atomic E-state index is 9.80. The zero-order chi connectivity index (χ0) is 5.70. The molecule has 0 bridgehead atoms. The molecule has 7 heavy (non-hydrogen) atoms. The Morgan fingerprint density at radius 1 is 1.86 bits per heavy atom. The largest absolute Gasteiger partial charge is 0.441 e. The molecule has 44 valence electrons. The first-order chi connectivity index (χ1) is 3.27. The Labute approximate surface area is 48.2 Å². The Morgan fingerprint density at radius 2 is 2.43 bits per heavy atom. The standard InChI is InChI=1S/C2H5O3S2/c3-1-2-5-7(4)6/h3H,1-2H2/q-1. The van der Waals surface area contributed by atoms with E-state index in [4.69, 9.17) is 5.11 Å². The molecule has 3 nitrogen and oxygen atoms in total. The molecule has 0 fully saturated rings. The van der Waals surface area contributed by atoms with E-state index in [-0.39, 0.29) is 13.2 Å². The van der Waals surface area contributed by atoms with Gasteiger partial charge in [-0.25, -0.2) is 11.2 Å². The molecule has 0 aromatic heterocycles. The van der Waals surface area contributed by atoms with Gasteiger partial charge >= 0.3 is 0 Å². The van der Waals surface area contributed by atoms with Crippen LogP contribution in [0.2, 0.25) is 0 Å². The van der Waals surface area contributed by atoms with Gasteiger partial charge in [-0.2, -0.15) is 0 Å². The molecule has 0 saturated heterocycles. The van der Waals surface area contributed by atoms with Crippen molar-refractivity contribution in [1.82, 2.24) is 0 Å². The van der Waals surface area contributed by atoms with Gasteiger partial charge in [0, 0.05) is 6.61 Å². The van der Waals surface area contributed by atoms with Gasteiger partial charge in [-0.15, -0.1) is 0 Å². The van der Waals surface area contributed by atoms with E-state index >= 15 is 0 Å². The second kappa shape index (κ2) is 4.45. The van der Waals surface area contributed by atoms with Crippen LogP contribution in [0.1, 0.15) is 0 Å². The molecule has 0 unspecified atom stereocenters. The van der Waals surface area contributed by atoms with E-state index in [1.54, 1.807) is 0 Å². The molecule has 1 N–H and O–H groups in total. The Hall–Kier alpha value is 0.290. The maximum atomic E-state index is 9.80. The lowest BCUT2D eigenvalue weighted by Crippen LogP contribution is -1.94. The van der Waals surface area contributed by atoms with Gasteiger partial charge in [0.2, 0.25) is 0 Å². The summed E-state index contributed by atoms with van der Waals surface area (Å²) in [7, 11) is -1.64. The quantitative estimate of drug-likeness (QED) is 0.530. The van der Waals surface area contributed by atoms with Crippen LogP contribution in [-0.4, -0.2) is 18.3 Å². The van der Waals surface area contributed by atoms with E-state index in [9.17, 15) is 4.21 Å². The van der Waals surface area contributed by atoms with Gasteiger partial charge in [0.1, 0.15) is 0 Å². The molecule has 0 amide bonds. The molecule has 0 spiro atoms. The normalized spacial score (nSPS) is 10.0. The fourth-order valence-corrected chi connectivity index (χ4v) is 0.520. The lowest BCUT2D eigenvalue weighted by atomic mass is 10.8. The van der Waals surface area contributed by atoms with Crippen LogP contribution in [0.5, 0.6) is 0 Å². The summed E-state index contributed by atoms with van der Waals surface area (Å²) in [4.78, 5) is 0. The van der Waals surface area contributed by atoms with Crippen molar-refractivity contribution < 1.29 is 13.5 Å². The summed E-state index contributed by atoms with van der Waals surface area (Å²) in [5.74, 6) is 0. The highest BCUT2D eigenvalue weighted by atomic mass is 32.8. The van der Waals surface area contributed by atoms with Crippen LogP contribution in [-0.2, 0) is 29.2 Å². The van der Waals surface area contributed by atoms with E-state index in [0.717, 1.165) is 0 Å². The average Bonchev–Trinajstić information content (AvgIpc) is 1.61. The molecule has 0 radical (unpaired) electrons. The van der Waals surface area contributed by atoms with Crippen molar-refractivity contribution >= 4 is 20.8 Å². The molecule has 0 atom stereocenters. The number of aliphatic hydroxyl groups excluding tert-OH is 1. The summed E-state index contributed by atoms with van der Waals surface area (Å²) >= 11 is 4.08. The van der Waals surface area contributed by atoms with Crippen molar-refractivity contribution in [1.29, 1.82) is 0 Å². The minimum Gasteiger partial charge on any atom is -0.441 e. The number of rotatable bonds is 3. The fraction of sp³-hybridized carbons (Fsp3) is 1.00. The van der Waals surface area contributed by atoms with Crippen LogP contribution in [0.4, 0.5) is 0 Å². The van der Waals surface area contributed by atoms with Crippen LogP contribution in [0.25, 0.3) is 0 Å². The molecule has 0 aliphatic carbocycles. The Morgan fingerprint density at radius 3 is 2.57 bits per heavy atom. The highest BCUT2D eigenvalue weighted by molar-refractivity contribution is 8.19. The van der Waals surface area contributed by atoms with Gasteiger partial charge in [-0.05, 0) is 0 Å². The molecule has 0 aromatic rings. The topological polar surface area (TPSA) is 46.5 Å². The van der Waals surface area contributed by atoms with E-state index in [0.29, 0.717) is 0 Å². The summed E-state index contributed by atoms with van der Waals surface area (Å²) in [6.45, 7) is -0.0848. The molecular weight excluding hydrogens is 136 g/mol. The molecule has 0 rings (SSSR count). The van der Waals surface area contributed by atoms with Crippen molar-refractivity contribution in [3.05, 3.63) is 0 Å². The third-order valence-electron chi connectivity index (χ3n) is 0.271. The van der Waals surface area contributed by atoms with Gasteiger partial charge in [-0.1, -0.05) is 9.64 Å². The minimum atomic E-state index is -1.64. The maximum Gasteiger partial charge on any atom is 0.0645 e. The van der Waals surface area contributed by atoms with E-state index in [1.165, 1.54) is 0 Å². The summed E-state index contributed by atoms with van der Waals surface area (Å²) in [6.07, 6.45) is 0. The first-order valence-corrected chi connectivity index (χ1v) is 3.60.